The molecule has 0 fully saturated rings. The first kappa shape index (κ1) is 24.5. The maximum atomic E-state index is 13.8. The van der Waals surface area contributed by atoms with Crippen LogP contribution in [0.2, 0.25) is 0 Å². The number of ether oxygens (including phenoxy) is 3. The Balaban J connectivity index is 2.01. The molecule has 2 N–H and O–H groups in total. The monoisotopic (exact) mass is 482 g/mol. The second-order valence-corrected chi connectivity index (χ2v) is 9.81. The number of anilines is 1. The van der Waals surface area contributed by atoms with Crippen molar-refractivity contribution in [1.29, 1.82) is 0 Å². The van der Waals surface area contributed by atoms with Crippen molar-refractivity contribution in [1.82, 2.24) is 0 Å². The summed E-state index contributed by atoms with van der Waals surface area (Å²) in [5.41, 5.74) is 4.91. The number of nitrogens with two attached hydrogens (primary N) is 1. The number of carbonyl (C=O) groups excluding carboxylic acids is 4. The Morgan fingerprint density at radius 2 is 1.89 bits per heavy atom. The molecule has 0 bridgehead atoms. The van der Waals surface area contributed by atoms with Crippen molar-refractivity contribution in [3.8, 4) is 0 Å². The van der Waals surface area contributed by atoms with E-state index in [1.165, 1.54) is 12.0 Å². The highest BCUT2D eigenvalue weighted by atomic mass is 16.6. The number of fused-ring (bicyclic) bond motifs is 3. The quantitative estimate of drug-likeness (QED) is 0.370. The molecule has 9 heteroatoms. The van der Waals surface area contributed by atoms with Crippen LogP contribution in [0.3, 0.4) is 0 Å². The molecule has 9 nitrogen and oxygen atoms in total. The van der Waals surface area contributed by atoms with E-state index in [9.17, 15) is 19.2 Å². The van der Waals surface area contributed by atoms with Crippen molar-refractivity contribution >= 4 is 29.4 Å². The van der Waals surface area contributed by atoms with E-state index in [-0.39, 0.29) is 48.1 Å². The molecule has 0 amide bonds. The van der Waals surface area contributed by atoms with E-state index in [1.54, 1.807) is 24.3 Å². The molecule has 0 saturated heterocycles. The van der Waals surface area contributed by atoms with E-state index in [1.807, 2.05) is 20.8 Å². The van der Waals surface area contributed by atoms with Gasteiger partial charge in [0.25, 0.3) is 0 Å². The van der Waals surface area contributed by atoms with Crippen molar-refractivity contribution in [2.45, 2.75) is 51.9 Å². The predicted octanol–water partition coefficient (Wildman–Crippen LogP) is 2.63. The molecular weight excluding hydrogens is 452 g/mol. The normalized spacial score (nSPS) is 22.7. The van der Waals surface area contributed by atoms with E-state index in [4.69, 9.17) is 19.9 Å². The van der Waals surface area contributed by atoms with Gasteiger partial charge in [0.2, 0.25) is 0 Å². The summed E-state index contributed by atoms with van der Waals surface area (Å²) < 4.78 is 16.1. The van der Waals surface area contributed by atoms with Crippen LogP contribution in [0.25, 0.3) is 0 Å². The molecule has 2 aliphatic heterocycles. The Kier molecular flexibility index (Phi) is 6.21. The second kappa shape index (κ2) is 8.87. The molecule has 4 rings (SSSR count). The first-order valence-corrected chi connectivity index (χ1v) is 11.7. The summed E-state index contributed by atoms with van der Waals surface area (Å²) in [6.45, 7) is 5.60. The van der Waals surface area contributed by atoms with E-state index in [2.05, 4.69) is 0 Å². The number of unbranched alkanes of at least 4 members (excludes halogenated alkanes) is 1. The molecular formula is C26H30N2O7. The highest BCUT2D eigenvalue weighted by Gasteiger charge is 2.64. The number of hydrogen-bond donors (Lipinski definition) is 1. The summed E-state index contributed by atoms with van der Waals surface area (Å²) >= 11 is 0. The highest BCUT2D eigenvalue weighted by molar-refractivity contribution is 6.18. The molecule has 0 saturated carbocycles. The Morgan fingerprint density at radius 3 is 2.57 bits per heavy atom. The van der Waals surface area contributed by atoms with Crippen molar-refractivity contribution in [2.24, 2.45) is 11.1 Å². The van der Waals surface area contributed by atoms with Gasteiger partial charge in [-0.3, -0.25) is 9.59 Å². The van der Waals surface area contributed by atoms with E-state index in [0.29, 0.717) is 24.1 Å². The fourth-order valence-electron chi connectivity index (χ4n) is 5.15. The van der Waals surface area contributed by atoms with Crippen molar-refractivity contribution in [3.05, 3.63) is 52.6 Å². The fraction of sp³-hybridized carbons (Fsp3) is 0.462. The first-order valence-electron chi connectivity index (χ1n) is 11.7. The molecule has 2 heterocycles. The van der Waals surface area contributed by atoms with Gasteiger partial charge in [-0.05, 0) is 17.9 Å². The van der Waals surface area contributed by atoms with Crippen LogP contribution < -0.4 is 10.6 Å². The Hall–Kier alpha value is -3.62. The second-order valence-electron chi connectivity index (χ2n) is 9.81. The number of ketones is 1. The van der Waals surface area contributed by atoms with Gasteiger partial charge in [0.1, 0.15) is 23.7 Å². The Bertz CT molecular complexity index is 1180. The minimum absolute atomic E-state index is 0.114. The number of Topliss-reactive ketones (excluding diaryl/α,β-unsaturated/α-hetero) is 1. The van der Waals surface area contributed by atoms with Crippen LogP contribution in [0.5, 0.6) is 0 Å². The third kappa shape index (κ3) is 3.79. The maximum absolute atomic E-state index is 13.8. The van der Waals surface area contributed by atoms with Crippen molar-refractivity contribution < 1.29 is 33.4 Å². The largest absolute Gasteiger partial charge is 0.468 e. The predicted molar refractivity (Wildman–Crippen MR) is 126 cm³/mol. The number of hydrogen-bond acceptors (Lipinski definition) is 9. The molecule has 1 aromatic carbocycles. The zero-order valence-corrected chi connectivity index (χ0v) is 20.4. The summed E-state index contributed by atoms with van der Waals surface area (Å²) in [7, 11) is 1.24. The van der Waals surface area contributed by atoms with E-state index in [0.717, 1.165) is 6.42 Å². The number of rotatable bonds is 6. The van der Waals surface area contributed by atoms with Gasteiger partial charge >= 0.3 is 17.9 Å². The number of para-hydroxylation sites is 1. The van der Waals surface area contributed by atoms with Gasteiger partial charge in [0, 0.05) is 24.1 Å². The fourth-order valence-corrected chi connectivity index (χ4v) is 5.15. The van der Waals surface area contributed by atoms with Gasteiger partial charge in [0.05, 0.1) is 19.3 Å². The molecule has 1 atom stereocenters. The number of carbonyl (C=O) groups is 4. The molecule has 1 spiro atoms. The Labute approximate surface area is 203 Å². The maximum Gasteiger partial charge on any atom is 0.339 e. The van der Waals surface area contributed by atoms with Gasteiger partial charge in [-0.1, -0.05) is 45.4 Å². The lowest BCUT2D eigenvalue weighted by Gasteiger charge is -2.41. The molecule has 1 aromatic rings. The first-order chi connectivity index (χ1) is 16.6. The van der Waals surface area contributed by atoms with Gasteiger partial charge in [-0.25, -0.2) is 9.59 Å². The molecule has 1 aliphatic carbocycles. The summed E-state index contributed by atoms with van der Waals surface area (Å²) in [5.74, 6) is -2.39. The van der Waals surface area contributed by atoms with Gasteiger partial charge in [0.15, 0.2) is 11.2 Å². The molecule has 0 unspecified atom stereocenters. The third-order valence-electron chi connectivity index (χ3n) is 6.70. The zero-order valence-electron chi connectivity index (χ0n) is 20.4. The lowest BCUT2D eigenvalue weighted by Crippen LogP contribution is -2.51. The van der Waals surface area contributed by atoms with Crippen LogP contribution >= 0.6 is 0 Å². The Morgan fingerprint density at radius 1 is 1.17 bits per heavy atom. The third-order valence-corrected chi connectivity index (χ3v) is 6.70. The van der Waals surface area contributed by atoms with Crippen LogP contribution in [0.1, 0.15) is 52.0 Å². The topological polar surface area (TPSA) is 125 Å². The minimum atomic E-state index is -1.88. The van der Waals surface area contributed by atoms with Crippen LogP contribution in [0.15, 0.2) is 47.0 Å². The number of nitrogens with zero attached hydrogens (tertiary/aromatic N) is 1. The number of esters is 3. The molecule has 186 valence electrons. The van der Waals surface area contributed by atoms with E-state index < -0.39 is 28.7 Å². The van der Waals surface area contributed by atoms with Crippen LogP contribution in [-0.4, -0.2) is 44.0 Å². The molecule has 3 aliphatic rings. The summed E-state index contributed by atoms with van der Waals surface area (Å²) in [4.78, 5) is 54.6. The smallest absolute Gasteiger partial charge is 0.339 e. The lowest BCUT2D eigenvalue weighted by molar-refractivity contribution is -0.146. The van der Waals surface area contributed by atoms with Crippen LogP contribution in [-0.2, 0) is 38.8 Å². The highest BCUT2D eigenvalue weighted by Crippen LogP contribution is 2.57. The number of allylic oxidation sites excluding steroid dienone is 1. The SMILES string of the molecule is CCCCOC(=O)C1=C(N)N(CC(=O)OC)c2ccccc2[C@]12C(=O)OC1=C2C(=O)CC(C)(C)C1. The zero-order chi connectivity index (χ0) is 25.5. The summed E-state index contributed by atoms with van der Waals surface area (Å²) in [6, 6.07) is 6.74. The molecule has 0 aromatic heterocycles. The average molecular weight is 483 g/mol. The lowest BCUT2D eigenvalue weighted by atomic mass is 9.62. The average Bonchev–Trinajstić information content (AvgIpc) is 3.07. The number of benzene rings is 1. The molecule has 35 heavy (non-hydrogen) atoms. The van der Waals surface area contributed by atoms with Gasteiger partial charge < -0.3 is 24.8 Å². The van der Waals surface area contributed by atoms with Crippen molar-refractivity contribution in [3.63, 3.8) is 0 Å². The van der Waals surface area contributed by atoms with Gasteiger partial charge in [-0.15, -0.1) is 0 Å². The van der Waals surface area contributed by atoms with E-state index >= 15 is 0 Å². The van der Waals surface area contributed by atoms with Crippen molar-refractivity contribution in [2.75, 3.05) is 25.2 Å². The molecule has 0 radical (unpaired) electrons. The van der Waals surface area contributed by atoms with Crippen LogP contribution in [0, 0.1) is 5.41 Å². The summed E-state index contributed by atoms with van der Waals surface area (Å²) in [5, 5.41) is 0. The standard InChI is InChI=1S/C26H30N2O7/c1-5-6-11-34-23(31)21-22(27)28(14-19(30)33-4)16-10-8-7-9-15(16)26(21)20-17(29)12-25(2,3)13-18(20)35-24(26)32/h7-10H,5-6,11-14,27H2,1-4H3/t26-/m1/s1. The summed E-state index contributed by atoms with van der Waals surface area (Å²) in [6.07, 6.45) is 1.93. The van der Waals surface area contributed by atoms with Gasteiger partial charge in [-0.2, -0.15) is 0 Å². The minimum Gasteiger partial charge on any atom is -0.468 e. The van der Waals surface area contributed by atoms with Crippen LogP contribution in [0.4, 0.5) is 5.69 Å². The number of methoxy groups -OCH3 is 1.